The van der Waals surface area contributed by atoms with Gasteiger partial charge in [-0.05, 0) is 39.2 Å². The number of aryl methyl sites for hydroxylation is 1. The minimum Gasteiger partial charge on any atom is -0.444 e. The van der Waals surface area contributed by atoms with Crippen LogP contribution in [-0.4, -0.2) is 34.9 Å². The molecule has 122 valence electrons. The van der Waals surface area contributed by atoms with Crippen molar-refractivity contribution in [1.29, 1.82) is 0 Å². The number of primary amides is 1. The average Bonchev–Trinajstić information content (AvgIpc) is 2.41. The highest BCUT2D eigenvalue weighted by molar-refractivity contribution is 5.80. The number of carbonyl (C=O) groups excluding carboxylic acids is 2. The molecule has 0 saturated carbocycles. The molecule has 0 aliphatic heterocycles. The van der Waals surface area contributed by atoms with Crippen LogP contribution in [0.1, 0.15) is 32.8 Å². The molecule has 0 aliphatic carbocycles. The number of carbonyl (C=O) groups is 2. The van der Waals surface area contributed by atoms with Gasteiger partial charge < -0.3 is 20.9 Å². The second-order valence-electron chi connectivity index (χ2n) is 6.12. The monoisotopic (exact) mass is 308 g/mol. The summed E-state index contributed by atoms with van der Waals surface area (Å²) in [6, 6.07) is 8.76. The third kappa shape index (κ3) is 6.58. The normalized spacial score (nSPS) is 14.0. The number of nitrogens with one attached hydrogen (secondary N) is 1. The maximum absolute atomic E-state index is 11.8. The van der Waals surface area contributed by atoms with Crippen molar-refractivity contribution < 1.29 is 19.4 Å². The van der Waals surface area contributed by atoms with Crippen molar-refractivity contribution in [2.24, 2.45) is 5.73 Å². The molecule has 4 N–H and O–H groups in total. The highest BCUT2D eigenvalue weighted by Gasteiger charge is 2.27. The van der Waals surface area contributed by atoms with Crippen LogP contribution < -0.4 is 11.1 Å². The third-order valence-electron chi connectivity index (χ3n) is 2.96. The van der Waals surface area contributed by atoms with Crippen LogP contribution >= 0.6 is 0 Å². The first-order chi connectivity index (χ1) is 10.2. The molecule has 2 atom stereocenters. The summed E-state index contributed by atoms with van der Waals surface area (Å²) in [4.78, 5) is 23.0. The van der Waals surface area contributed by atoms with E-state index in [-0.39, 0.29) is 0 Å². The maximum Gasteiger partial charge on any atom is 0.407 e. The zero-order valence-electron chi connectivity index (χ0n) is 13.2. The van der Waals surface area contributed by atoms with Gasteiger partial charge in [-0.15, -0.1) is 0 Å². The van der Waals surface area contributed by atoms with Gasteiger partial charge in [0.05, 0.1) is 6.04 Å². The van der Waals surface area contributed by atoms with Crippen LogP contribution in [0.3, 0.4) is 0 Å². The fourth-order valence-electron chi connectivity index (χ4n) is 1.93. The Balaban J connectivity index is 2.68. The Hall–Kier alpha value is -2.08. The number of amides is 2. The molecule has 6 heteroatoms. The van der Waals surface area contributed by atoms with E-state index in [1.807, 2.05) is 30.3 Å². The number of alkyl carbamates (subject to hydrolysis) is 1. The molecule has 1 rings (SSSR count). The average molecular weight is 308 g/mol. The molecule has 1 aromatic rings. The number of ether oxygens (including phenoxy) is 1. The first-order valence-corrected chi connectivity index (χ1v) is 7.20. The van der Waals surface area contributed by atoms with Gasteiger partial charge in [-0.2, -0.15) is 0 Å². The lowest BCUT2D eigenvalue weighted by molar-refractivity contribution is -0.127. The molecular weight excluding hydrogens is 284 g/mol. The Morgan fingerprint density at radius 3 is 2.36 bits per heavy atom. The molecule has 0 aromatic heterocycles. The van der Waals surface area contributed by atoms with E-state index in [2.05, 4.69) is 5.32 Å². The summed E-state index contributed by atoms with van der Waals surface area (Å²) < 4.78 is 5.14. The van der Waals surface area contributed by atoms with Crippen molar-refractivity contribution >= 4 is 12.0 Å². The quantitative estimate of drug-likeness (QED) is 0.738. The fraction of sp³-hybridized carbons (Fsp3) is 0.500. The zero-order valence-corrected chi connectivity index (χ0v) is 13.2. The van der Waals surface area contributed by atoms with E-state index in [4.69, 9.17) is 10.5 Å². The lowest BCUT2D eigenvalue weighted by Crippen LogP contribution is -2.50. The highest BCUT2D eigenvalue weighted by Crippen LogP contribution is 2.11. The maximum atomic E-state index is 11.8. The lowest BCUT2D eigenvalue weighted by Gasteiger charge is -2.25. The Morgan fingerprint density at radius 2 is 1.86 bits per heavy atom. The minimum absolute atomic E-state index is 0.368. The van der Waals surface area contributed by atoms with Gasteiger partial charge in [-0.25, -0.2) is 4.79 Å². The molecule has 2 amide bonds. The van der Waals surface area contributed by atoms with Gasteiger partial charge in [0, 0.05) is 0 Å². The lowest BCUT2D eigenvalue weighted by atomic mass is 10.0. The predicted molar refractivity (Wildman–Crippen MR) is 83.1 cm³/mol. The van der Waals surface area contributed by atoms with E-state index in [0.29, 0.717) is 12.8 Å². The van der Waals surface area contributed by atoms with Crippen LogP contribution in [0.4, 0.5) is 4.79 Å². The van der Waals surface area contributed by atoms with Crippen molar-refractivity contribution in [3.8, 4) is 0 Å². The van der Waals surface area contributed by atoms with Gasteiger partial charge in [0.2, 0.25) is 5.91 Å². The Morgan fingerprint density at radius 1 is 1.27 bits per heavy atom. The summed E-state index contributed by atoms with van der Waals surface area (Å²) in [5.74, 6) is -0.880. The van der Waals surface area contributed by atoms with Gasteiger partial charge in [0.1, 0.15) is 5.60 Å². The molecule has 0 spiro atoms. The third-order valence-corrected chi connectivity index (χ3v) is 2.96. The molecule has 6 nitrogen and oxygen atoms in total. The molecule has 0 bridgehead atoms. The Labute approximate surface area is 130 Å². The summed E-state index contributed by atoms with van der Waals surface area (Å²) in [6.45, 7) is 5.20. The number of hydrogen-bond acceptors (Lipinski definition) is 4. The second-order valence-corrected chi connectivity index (χ2v) is 6.12. The Bertz CT molecular complexity index is 497. The van der Waals surface area contributed by atoms with Gasteiger partial charge in [0.15, 0.2) is 6.10 Å². The number of benzene rings is 1. The first-order valence-electron chi connectivity index (χ1n) is 7.20. The van der Waals surface area contributed by atoms with Crippen molar-refractivity contribution in [3.63, 3.8) is 0 Å². The summed E-state index contributed by atoms with van der Waals surface area (Å²) in [5, 5.41) is 12.4. The van der Waals surface area contributed by atoms with Crippen LogP contribution in [0.5, 0.6) is 0 Å². The van der Waals surface area contributed by atoms with E-state index < -0.39 is 29.7 Å². The molecule has 0 aliphatic rings. The van der Waals surface area contributed by atoms with E-state index in [9.17, 15) is 14.7 Å². The van der Waals surface area contributed by atoms with Gasteiger partial charge in [0.25, 0.3) is 0 Å². The second kappa shape index (κ2) is 7.79. The summed E-state index contributed by atoms with van der Waals surface area (Å²) in [7, 11) is 0. The predicted octanol–water partition coefficient (Wildman–Crippen LogP) is 1.36. The smallest absolute Gasteiger partial charge is 0.407 e. The van der Waals surface area contributed by atoms with Crippen molar-refractivity contribution in [1.82, 2.24) is 5.32 Å². The van der Waals surface area contributed by atoms with Crippen molar-refractivity contribution in [2.45, 2.75) is 51.4 Å². The molecule has 0 radical (unpaired) electrons. The highest BCUT2D eigenvalue weighted by atomic mass is 16.6. The van der Waals surface area contributed by atoms with E-state index in [1.54, 1.807) is 20.8 Å². The van der Waals surface area contributed by atoms with E-state index in [1.165, 1.54) is 0 Å². The fourth-order valence-corrected chi connectivity index (χ4v) is 1.93. The molecule has 0 heterocycles. The molecular formula is C16H24N2O4. The van der Waals surface area contributed by atoms with Crippen LogP contribution in [0.2, 0.25) is 0 Å². The number of aliphatic hydroxyl groups is 1. The van der Waals surface area contributed by atoms with Crippen LogP contribution in [0.25, 0.3) is 0 Å². The number of hydrogen-bond donors (Lipinski definition) is 3. The summed E-state index contributed by atoms with van der Waals surface area (Å²) in [5.41, 5.74) is 5.50. The van der Waals surface area contributed by atoms with Gasteiger partial charge in [-0.3, -0.25) is 4.79 Å². The molecule has 0 fully saturated rings. The molecule has 1 unspecified atom stereocenters. The number of rotatable bonds is 6. The molecule has 22 heavy (non-hydrogen) atoms. The first kappa shape index (κ1) is 18.0. The largest absolute Gasteiger partial charge is 0.444 e. The number of aliphatic hydroxyl groups excluding tert-OH is 1. The summed E-state index contributed by atoms with van der Waals surface area (Å²) >= 11 is 0. The minimum atomic E-state index is -1.46. The van der Waals surface area contributed by atoms with Crippen LogP contribution in [0, 0.1) is 0 Å². The van der Waals surface area contributed by atoms with Crippen LogP contribution in [-0.2, 0) is 16.0 Å². The molecule has 0 saturated heterocycles. The van der Waals surface area contributed by atoms with Crippen LogP contribution in [0.15, 0.2) is 30.3 Å². The molecule has 1 aromatic carbocycles. The van der Waals surface area contributed by atoms with E-state index in [0.717, 1.165) is 5.56 Å². The van der Waals surface area contributed by atoms with Crippen molar-refractivity contribution in [2.75, 3.05) is 0 Å². The topological polar surface area (TPSA) is 102 Å². The van der Waals surface area contributed by atoms with E-state index >= 15 is 0 Å². The van der Waals surface area contributed by atoms with Gasteiger partial charge in [-0.1, -0.05) is 30.3 Å². The zero-order chi connectivity index (χ0) is 16.8. The van der Waals surface area contributed by atoms with Gasteiger partial charge >= 0.3 is 6.09 Å². The SMILES string of the molecule is CC(C)(C)OC(=O)N[C@@H](CCc1ccccc1)C(O)C(N)=O. The Kier molecular flexibility index (Phi) is 6.37. The van der Waals surface area contributed by atoms with Crippen molar-refractivity contribution in [3.05, 3.63) is 35.9 Å². The standard InChI is InChI=1S/C16H24N2O4/c1-16(2,3)22-15(21)18-12(13(19)14(17)20)10-9-11-7-5-4-6-8-11/h4-8,12-13,19H,9-10H2,1-3H3,(H2,17,20)(H,18,21)/t12-,13?/m0/s1. The number of nitrogens with two attached hydrogens (primary N) is 1. The summed E-state index contributed by atoms with van der Waals surface area (Å²) in [6.07, 6.45) is -1.19.